The van der Waals surface area contributed by atoms with Gasteiger partial charge in [0.2, 0.25) is 0 Å². The topological polar surface area (TPSA) is 70.7 Å². The van der Waals surface area contributed by atoms with Gasteiger partial charge in [0.15, 0.2) is 0 Å². The molecule has 2 aromatic carbocycles. The Morgan fingerprint density at radius 1 is 1.14 bits per heavy atom. The molecule has 0 radical (unpaired) electrons. The molecule has 6 heteroatoms. The minimum atomic E-state index is -0.255. The van der Waals surface area contributed by atoms with Crippen LogP contribution in [-0.4, -0.2) is 50.5 Å². The molecule has 6 nitrogen and oxygen atoms in total. The van der Waals surface area contributed by atoms with Crippen molar-refractivity contribution in [3.8, 4) is 5.75 Å². The van der Waals surface area contributed by atoms with E-state index in [1.807, 2.05) is 24.1 Å². The first kappa shape index (κ1) is 19.9. The molecule has 2 amide bonds. The average molecular weight is 381 g/mol. The molecule has 1 atom stereocenters. The van der Waals surface area contributed by atoms with Gasteiger partial charge in [0.1, 0.15) is 5.75 Å². The van der Waals surface area contributed by atoms with Crippen molar-refractivity contribution in [3.63, 3.8) is 0 Å². The zero-order valence-electron chi connectivity index (χ0n) is 16.4. The zero-order valence-corrected chi connectivity index (χ0v) is 16.4. The molecular formula is C22H27N3O3. The molecule has 1 aliphatic rings. The van der Waals surface area contributed by atoms with Crippen LogP contribution in [0.25, 0.3) is 0 Å². The number of ether oxygens (including phenoxy) is 1. The molecule has 0 aromatic heterocycles. The summed E-state index contributed by atoms with van der Waals surface area (Å²) in [7, 11) is 3.52. The Morgan fingerprint density at radius 3 is 2.61 bits per heavy atom. The highest BCUT2D eigenvalue weighted by Gasteiger charge is 2.25. The van der Waals surface area contributed by atoms with Gasteiger partial charge in [-0.1, -0.05) is 12.1 Å². The lowest BCUT2D eigenvalue weighted by Crippen LogP contribution is -2.42. The number of hydrogen-bond donors (Lipinski definition) is 2. The van der Waals surface area contributed by atoms with Gasteiger partial charge in [-0.15, -0.1) is 0 Å². The molecule has 0 aliphatic carbocycles. The third-order valence-electron chi connectivity index (χ3n) is 5.06. The van der Waals surface area contributed by atoms with Crippen molar-refractivity contribution >= 4 is 17.5 Å². The summed E-state index contributed by atoms with van der Waals surface area (Å²) in [6.07, 6.45) is 2.12. The molecule has 0 saturated carbocycles. The Bertz CT molecular complexity index is 818. The Balaban J connectivity index is 1.74. The number of anilines is 1. The van der Waals surface area contributed by atoms with Crippen molar-refractivity contribution in [2.24, 2.45) is 5.92 Å². The first-order valence-electron chi connectivity index (χ1n) is 9.60. The van der Waals surface area contributed by atoms with Gasteiger partial charge in [-0.25, -0.2) is 0 Å². The lowest BCUT2D eigenvalue weighted by atomic mass is 9.97. The van der Waals surface area contributed by atoms with Crippen molar-refractivity contribution in [2.45, 2.75) is 12.8 Å². The largest absolute Gasteiger partial charge is 0.497 e. The van der Waals surface area contributed by atoms with Gasteiger partial charge in [0.25, 0.3) is 11.8 Å². The van der Waals surface area contributed by atoms with E-state index in [1.165, 1.54) is 0 Å². The van der Waals surface area contributed by atoms with E-state index in [4.69, 9.17) is 4.74 Å². The number of carbonyl (C=O) groups excluding carboxylic acids is 2. The van der Waals surface area contributed by atoms with Gasteiger partial charge >= 0.3 is 0 Å². The lowest BCUT2D eigenvalue weighted by Gasteiger charge is -2.33. The summed E-state index contributed by atoms with van der Waals surface area (Å²) in [5, 5.41) is 6.08. The fourth-order valence-corrected chi connectivity index (χ4v) is 3.59. The molecule has 0 bridgehead atoms. The molecule has 28 heavy (non-hydrogen) atoms. The van der Waals surface area contributed by atoms with Gasteiger partial charge in [-0.05, 0) is 68.8 Å². The lowest BCUT2D eigenvalue weighted by molar-refractivity contribution is 0.0675. The molecule has 2 aromatic rings. The van der Waals surface area contributed by atoms with Crippen molar-refractivity contribution in [1.82, 2.24) is 10.2 Å². The van der Waals surface area contributed by atoms with Crippen LogP contribution < -0.4 is 15.4 Å². The Labute approximate surface area is 165 Å². The Morgan fingerprint density at radius 2 is 1.89 bits per heavy atom. The average Bonchev–Trinajstić information content (AvgIpc) is 2.74. The van der Waals surface area contributed by atoms with Crippen molar-refractivity contribution in [2.75, 3.05) is 39.1 Å². The van der Waals surface area contributed by atoms with E-state index in [0.29, 0.717) is 28.5 Å². The van der Waals surface area contributed by atoms with Crippen molar-refractivity contribution in [3.05, 3.63) is 59.7 Å². The van der Waals surface area contributed by atoms with E-state index < -0.39 is 0 Å². The SMILES string of the molecule is CNCC1CCCN(C(=O)c2ccccc2NC(=O)c2ccc(OC)cc2)C1. The second-order valence-electron chi connectivity index (χ2n) is 7.05. The van der Waals surface area contributed by atoms with Crippen LogP contribution in [0.2, 0.25) is 0 Å². The fourth-order valence-electron chi connectivity index (χ4n) is 3.59. The maximum Gasteiger partial charge on any atom is 0.255 e. The normalized spacial score (nSPS) is 16.5. The molecule has 1 aliphatic heterocycles. The highest BCUT2D eigenvalue weighted by atomic mass is 16.5. The second kappa shape index (κ2) is 9.37. The first-order chi connectivity index (χ1) is 13.6. The molecule has 1 fully saturated rings. The summed E-state index contributed by atoms with van der Waals surface area (Å²) in [5.41, 5.74) is 1.56. The minimum Gasteiger partial charge on any atom is -0.497 e. The third kappa shape index (κ3) is 4.70. The number of nitrogens with one attached hydrogen (secondary N) is 2. The molecule has 3 rings (SSSR count). The maximum atomic E-state index is 13.1. The second-order valence-corrected chi connectivity index (χ2v) is 7.05. The number of nitrogens with zero attached hydrogens (tertiary/aromatic N) is 1. The summed E-state index contributed by atoms with van der Waals surface area (Å²) in [5.74, 6) is 0.859. The summed E-state index contributed by atoms with van der Waals surface area (Å²) < 4.78 is 5.12. The van der Waals surface area contributed by atoms with Crippen molar-refractivity contribution in [1.29, 1.82) is 0 Å². The zero-order chi connectivity index (χ0) is 19.9. The van der Waals surface area contributed by atoms with Gasteiger partial charge in [-0.3, -0.25) is 9.59 Å². The number of piperidine rings is 1. The molecule has 0 spiro atoms. The molecule has 148 valence electrons. The summed E-state index contributed by atoms with van der Waals surface area (Å²) in [6.45, 7) is 2.39. The van der Waals surface area contributed by atoms with Crippen LogP contribution in [0.1, 0.15) is 33.6 Å². The standard InChI is InChI=1S/C22H27N3O3/c1-23-14-16-6-5-13-25(15-16)22(27)19-7-3-4-8-20(19)24-21(26)17-9-11-18(28-2)12-10-17/h3-4,7-12,16,23H,5-6,13-15H2,1-2H3,(H,24,26). The van der Waals surface area contributed by atoms with Gasteiger partial charge in [-0.2, -0.15) is 0 Å². The molecule has 1 heterocycles. The summed E-state index contributed by atoms with van der Waals surface area (Å²) in [4.78, 5) is 27.6. The molecular weight excluding hydrogens is 354 g/mol. The van der Waals surface area contributed by atoms with Gasteiger partial charge in [0.05, 0.1) is 18.4 Å². The monoisotopic (exact) mass is 381 g/mol. The van der Waals surface area contributed by atoms with Crippen LogP contribution in [0.15, 0.2) is 48.5 Å². The van der Waals surface area contributed by atoms with E-state index in [1.54, 1.807) is 43.5 Å². The minimum absolute atomic E-state index is 0.0357. The molecule has 2 N–H and O–H groups in total. The third-order valence-corrected chi connectivity index (χ3v) is 5.06. The van der Waals surface area contributed by atoms with E-state index in [9.17, 15) is 9.59 Å². The number of para-hydroxylation sites is 1. The first-order valence-corrected chi connectivity index (χ1v) is 9.60. The van der Waals surface area contributed by atoms with Crippen LogP contribution in [0.3, 0.4) is 0 Å². The van der Waals surface area contributed by atoms with E-state index in [-0.39, 0.29) is 11.8 Å². The highest BCUT2D eigenvalue weighted by Crippen LogP contribution is 2.23. The number of hydrogen-bond acceptors (Lipinski definition) is 4. The number of benzene rings is 2. The van der Waals surface area contributed by atoms with Crippen LogP contribution in [-0.2, 0) is 0 Å². The predicted octanol–water partition coefficient (Wildman–Crippen LogP) is 3.02. The van der Waals surface area contributed by atoms with Crippen molar-refractivity contribution < 1.29 is 14.3 Å². The maximum absolute atomic E-state index is 13.1. The van der Waals surface area contributed by atoms with Crippen LogP contribution in [0.4, 0.5) is 5.69 Å². The smallest absolute Gasteiger partial charge is 0.255 e. The van der Waals surface area contributed by atoms with Crippen LogP contribution in [0, 0.1) is 5.92 Å². The summed E-state index contributed by atoms with van der Waals surface area (Å²) >= 11 is 0. The van der Waals surface area contributed by atoms with Gasteiger partial charge < -0.3 is 20.3 Å². The number of amides is 2. The fraction of sp³-hybridized carbons (Fsp3) is 0.364. The highest BCUT2D eigenvalue weighted by molar-refractivity contribution is 6.09. The quantitative estimate of drug-likeness (QED) is 0.807. The number of carbonyl (C=O) groups is 2. The van der Waals surface area contributed by atoms with Gasteiger partial charge in [0, 0.05) is 18.7 Å². The van der Waals surface area contributed by atoms with Crippen LogP contribution >= 0.6 is 0 Å². The number of rotatable bonds is 6. The van der Waals surface area contributed by atoms with E-state index >= 15 is 0 Å². The molecule has 1 unspecified atom stereocenters. The Kier molecular flexibility index (Phi) is 6.66. The predicted molar refractivity (Wildman–Crippen MR) is 110 cm³/mol. The Hall–Kier alpha value is -2.86. The number of likely N-dealkylation sites (tertiary alicyclic amines) is 1. The van der Waals surface area contributed by atoms with Crippen LogP contribution in [0.5, 0.6) is 5.75 Å². The molecule has 1 saturated heterocycles. The summed E-state index contributed by atoms with van der Waals surface area (Å²) in [6, 6.07) is 14.1. The van der Waals surface area contributed by atoms with E-state index in [2.05, 4.69) is 10.6 Å². The number of methoxy groups -OCH3 is 1. The van der Waals surface area contributed by atoms with E-state index in [0.717, 1.165) is 32.5 Å².